The summed E-state index contributed by atoms with van der Waals surface area (Å²) in [6.45, 7) is 1.91. The Hall–Kier alpha value is -2.05. The normalized spacial score (nSPS) is 12.0. The first kappa shape index (κ1) is 14.4. The minimum Gasteiger partial charge on any atom is -0.477 e. The van der Waals surface area contributed by atoms with Gasteiger partial charge in [-0.05, 0) is 25.0 Å². The SMILES string of the molecule is CCCCc1nc2c(C(F)(F)F)cccn2c1C(=O)O. The summed E-state index contributed by atoms with van der Waals surface area (Å²) in [4.78, 5) is 15.2. The van der Waals surface area contributed by atoms with E-state index in [0.29, 0.717) is 12.8 Å². The highest BCUT2D eigenvalue weighted by molar-refractivity contribution is 5.88. The van der Waals surface area contributed by atoms with Gasteiger partial charge in [0.2, 0.25) is 0 Å². The fourth-order valence-electron chi connectivity index (χ4n) is 2.08. The van der Waals surface area contributed by atoms with Crippen LogP contribution in [-0.2, 0) is 12.6 Å². The molecule has 2 rings (SSSR count). The van der Waals surface area contributed by atoms with E-state index in [-0.39, 0.29) is 17.0 Å². The Morgan fingerprint density at radius 2 is 2.15 bits per heavy atom. The molecule has 2 aromatic rings. The van der Waals surface area contributed by atoms with Gasteiger partial charge in [0.25, 0.3) is 0 Å². The molecule has 0 aliphatic heterocycles. The van der Waals surface area contributed by atoms with E-state index in [1.165, 1.54) is 12.3 Å². The van der Waals surface area contributed by atoms with Crippen molar-refractivity contribution in [3.05, 3.63) is 35.3 Å². The van der Waals surface area contributed by atoms with E-state index in [4.69, 9.17) is 0 Å². The van der Waals surface area contributed by atoms with Gasteiger partial charge < -0.3 is 5.11 Å². The summed E-state index contributed by atoms with van der Waals surface area (Å²) < 4.78 is 39.7. The Kier molecular flexibility index (Phi) is 3.69. The highest BCUT2D eigenvalue weighted by Crippen LogP contribution is 2.33. The number of fused-ring (bicyclic) bond motifs is 1. The molecule has 0 spiro atoms. The van der Waals surface area contributed by atoms with Crippen LogP contribution in [0.25, 0.3) is 5.65 Å². The number of carboxylic acid groups (broad SMARTS) is 1. The van der Waals surface area contributed by atoms with Gasteiger partial charge in [0.15, 0.2) is 5.69 Å². The van der Waals surface area contributed by atoms with Crippen LogP contribution in [0.5, 0.6) is 0 Å². The van der Waals surface area contributed by atoms with Crippen molar-refractivity contribution in [2.24, 2.45) is 0 Å². The number of imidazole rings is 1. The number of halogens is 3. The molecular weight excluding hydrogens is 273 g/mol. The molecule has 7 heteroatoms. The zero-order valence-electron chi connectivity index (χ0n) is 10.7. The molecule has 2 heterocycles. The number of aromatic nitrogens is 2. The van der Waals surface area contributed by atoms with Gasteiger partial charge in [-0.2, -0.15) is 13.2 Å². The van der Waals surface area contributed by atoms with Gasteiger partial charge in [0, 0.05) is 6.20 Å². The third-order valence-electron chi connectivity index (χ3n) is 3.00. The van der Waals surface area contributed by atoms with Crippen molar-refractivity contribution in [1.82, 2.24) is 9.38 Å². The highest BCUT2D eigenvalue weighted by Gasteiger charge is 2.35. The maximum Gasteiger partial charge on any atom is 0.419 e. The number of pyridine rings is 1. The average Bonchev–Trinajstić information content (AvgIpc) is 2.72. The Morgan fingerprint density at radius 3 is 2.70 bits per heavy atom. The van der Waals surface area contributed by atoms with Gasteiger partial charge in [-0.3, -0.25) is 4.40 Å². The van der Waals surface area contributed by atoms with Crippen molar-refractivity contribution in [3.8, 4) is 0 Å². The molecule has 0 saturated heterocycles. The van der Waals surface area contributed by atoms with Crippen LogP contribution in [0.15, 0.2) is 18.3 Å². The quantitative estimate of drug-likeness (QED) is 0.937. The van der Waals surface area contributed by atoms with Gasteiger partial charge in [0.05, 0.1) is 11.3 Å². The maximum atomic E-state index is 12.9. The van der Waals surface area contributed by atoms with Crippen molar-refractivity contribution in [1.29, 1.82) is 0 Å². The molecule has 108 valence electrons. The third-order valence-corrected chi connectivity index (χ3v) is 3.00. The smallest absolute Gasteiger partial charge is 0.419 e. The van der Waals surface area contributed by atoms with E-state index in [1.54, 1.807) is 0 Å². The second kappa shape index (κ2) is 5.15. The zero-order valence-corrected chi connectivity index (χ0v) is 10.7. The summed E-state index contributed by atoms with van der Waals surface area (Å²) in [5.41, 5.74) is -1.29. The second-order valence-corrected chi connectivity index (χ2v) is 4.43. The molecule has 4 nitrogen and oxygen atoms in total. The first-order valence-electron chi connectivity index (χ1n) is 6.16. The predicted molar refractivity (Wildman–Crippen MR) is 65.8 cm³/mol. The van der Waals surface area contributed by atoms with Gasteiger partial charge in [-0.25, -0.2) is 9.78 Å². The van der Waals surface area contributed by atoms with Crippen LogP contribution in [0.3, 0.4) is 0 Å². The van der Waals surface area contributed by atoms with Gasteiger partial charge in [-0.1, -0.05) is 13.3 Å². The molecule has 0 aromatic carbocycles. The molecule has 0 aliphatic rings. The molecular formula is C13H13F3N2O2. The lowest BCUT2D eigenvalue weighted by Gasteiger charge is -2.07. The molecule has 0 saturated carbocycles. The summed E-state index contributed by atoms with van der Waals surface area (Å²) in [5, 5.41) is 9.20. The van der Waals surface area contributed by atoms with Crippen molar-refractivity contribution in [2.45, 2.75) is 32.4 Å². The maximum absolute atomic E-state index is 12.9. The first-order valence-corrected chi connectivity index (χ1v) is 6.16. The summed E-state index contributed by atoms with van der Waals surface area (Å²) in [6.07, 6.45) is -1.45. The van der Waals surface area contributed by atoms with E-state index in [2.05, 4.69) is 4.98 Å². The Labute approximate surface area is 112 Å². The topological polar surface area (TPSA) is 54.6 Å². The number of carbonyl (C=O) groups is 1. The number of aromatic carboxylic acids is 1. The van der Waals surface area contributed by atoms with Crippen LogP contribution in [-0.4, -0.2) is 20.5 Å². The minimum atomic E-state index is -4.56. The molecule has 0 fully saturated rings. The molecule has 2 aromatic heterocycles. The summed E-state index contributed by atoms with van der Waals surface area (Å²) in [7, 11) is 0. The number of aryl methyl sites for hydroxylation is 1. The lowest BCUT2D eigenvalue weighted by Crippen LogP contribution is -2.09. The van der Waals surface area contributed by atoms with Crippen molar-refractivity contribution in [3.63, 3.8) is 0 Å². The second-order valence-electron chi connectivity index (χ2n) is 4.43. The fourth-order valence-corrected chi connectivity index (χ4v) is 2.08. The molecule has 0 radical (unpaired) electrons. The van der Waals surface area contributed by atoms with E-state index < -0.39 is 17.7 Å². The Bertz CT molecular complexity index is 647. The number of hydrogen-bond acceptors (Lipinski definition) is 2. The molecule has 0 unspecified atom stereocenters. The molecule has 20 heavy (non-hydrogen) atoms. The van der Waals surface area contributed by atoms with Crippen molar-refractivity contribution < 1.29 is 23.1 Å². The number of unbranched alkanes of at least 4 members (excludes halogenated alkanes) is 1. The summed E-state index contributed by atoms with van der Waals surface area (Å²) in [5.74, 6) is -1.28. The first-order chi connectivity index (χ1) is 9.36. The third kappa shape index (κ3) is 2.48. The number of rotatable bonds is 4. The lowest BCUT2D eigenvalue weighted by atomic mass is 10.2. The Balaban J connectivity index is 2.70. The molecule has 0 aliphatic carbocycles. The van der Waals surface area contributed by atoms with Crippen LogP contribution in [0.1, 0.15) is 41.5 Å². The number of carboxylic acids is 1. The van der Waals surface area contributed by atoms with E-state index in [0.717, 1.165) is 16.9 Å². The van der Waals surface area contributed by atoms with E-state index in [9.17, 15) is 23.1 Å². The van der Waals surface area contributed by atoms with Gasteiger partial charge >= 0.3 is 12.1 Å². The number of nitrogens with zero attached hydrogens (tertiary/aromatic N) is 2. The van der Waals surface area contributed by atoms with Crippen LogP contribution >= 0.6 is 0 Å². The molecule has 1 N–H and O–H groups in total. The molecule has 0 atom stereocenters. The van der Waals surface area contributed by atoms with Crippen LogP contribution < -0.4 is 0 Å². The number of alkyl halides is 3. The zero-order chi connectivity index (χ0) is 14.9. The van der Waals surface area contributed by atoms with Crippen LogP contribution in [0, 0.1) is 0 Å². The van der Waals surface area contributed by atoms with Crippen molar-refractivity contribution in [2.75, 3.05) is 0 Å². The fraction of sp³-hybridized carbons (Fsp3) is 0.385. The van der Waals surface area contributed by atoms with Crippen LogP contribution in [0.2, 0.25) is 0 Å². The Morgan fingerprint density at radius 1 is 1.45 bits per heavy atom. The van der Waals surface area contributed by atoms with E-state index >= 15 is 0 Å². The molecule has 0 amide bonds. The number of hydrogen-bond donors (Lipinski definition) is 1. The monoisotopic (exact) mass is 286 g/mol. The van der Waals surface area contributed by atoms with Gasteiger partial charge in [0.1, 0.15) is 5.65 Å². The largest absolute Gasteiger partial charge is 0.477 e. The highest BCUT2D eigenvalue weighted by atomic mass is 19.4. The van der Waals surface area contributed by atoms with Crippen molar-refractivity contribution >= 4 is 11.6 Å². The predicted octanol–water partition coefficient (Wildman–Crippen LogP) is 3.39. The van der Waals surface area contributed by atoms with Crippen LogP contribution in [0.4, 0.5) is 13.2 Å². The van der Waals surface area contributed by atoms with Gasteiger partial charge in [-0.15, -0.1) is 0 Å². The average molecular weight is 286 g/mol. The summed E-state index contributed by atoms with van der Waals surface area (Å²) >= 11 is 0. The lowest BCUT2D eigenvalue weighted by molar-refractivity contribution is -0.136. The van der Waals surface area contributed by atoms with E-state index in [1.807, 2.05) is 6.92 Å². The minimum absolute atomic E-state index is 0.191. The standard InChI is InChI=1S/C13H13F3N2O2/c1-2-3-6-9-10(12(19)20)18-7-4-5-8(11(18)17-9)13(14,15)16/h4-5,7H,2-3,6H2,1H3,(H,19,20). The molecule has 0 bridgehead atoms. The summed E-state index contributed by atoms with van der Waals surface area (Å²) in [6, 6.07) is 2.07.